The minimum Gasteiger partial charge on any atom is -0.444 e. The summed E-state index contributed by atoms with van der Waals surface area (Å²) in [6.07, 6.45) is 4.71. The van der Waals surface area contributed by atoms with Gasteiger partial charge in [0.15, 0.2) is 0 Å². The van der Waals surface area contributed by atoms with E-state index in [9.17, 15) is 9.59 Å². The third-order valence-electron chi connectivity index (χ3n) is 4.14. The summed E-state index contributed by atoms with van der Waals surface area (Å²) < 4.78 is 5.50. The Morgan fingerprint density at radius 2 is 2.09 bits per heavy atom. The molecule has 2 atom stereocenters. The fraction of sp³-hybridized carbons (Fsp3) is 0.875. The van der Waals surface area contributed by atoms with Gasteiger partial charge in [0.2, 0.25) is 5.91 Å². The molecule has 2 aliphatic heterocycles. The highest BCUT2D eigenvalue weighted by molar-refractivity contribution is 5.82. The second-order valence-corrected chi connectivity index (χ2v) is 7.22. The molecule has 0 bridgehead atoms. The Kier molecular flexibility index (Phi) is 5.67. The summed E-state index contributed by atoms with van der Waals surface area (Å²) in [4.78, 5) is 25.9. The SMILES string of the molecule is CC(C)(C)OC(=O)N1CCCCC1CNC1CCCNC1=O. The van der Waals surface area contributed by atoms with Gasteiger partial charge in [0, 0.05) is 25.7 Å². The number of hydrogen-bond donors (Lipinski definition) is 2. The van der Waals surface area contributed by atoms with Crippen molar-refractivity contribution < 1.29 is 14.3 Å². The first kappa shape index (κ1) is 17.1. The van der Waals surface area contributed by atoms with Crippen LogP contribution in [0.5, 0.6) is 0 Å². The molecule has 0 radical (unpaired) electrons. The van der Waals surface area contributed by atoms with Gasteiger partial charge < -0.3 is 20.3 Å². The smallest absolute Gasteiger partial charge is 0.410 e. The van der Waals surface area contributed by atoms with Crippen LogP contribution in [0.3, 0.4) is 0 Å². The third kappa shape index (κ3) is 4.87. The number of rotatable bonds is 3. The predicted octanol–water partition coefficient (Wildman–Crippen LogP) is 1.64. The molecule has 2 heterocycles. The normalized spacial score (nSPS) is 26.5. The number of nitrogens with zero attached hydrogens (tertiary/aromatic N) is 1. The Morgan fingerprint density at radius 1 is 1.32 bits per heavy atom. The molecular weight excluding hydrogens is 282 g/mol. The largest absolute Gasteiger partial charge is 0.444 e. The first-order chi connectivity index (χ1) is 10.4. The zero-order valence-corrected chi connectivity index (χ0v) is 14.0. The lowest BCUT2D eigenvalue weighted by Crippen LogP contribution is -2.54. The van der Waals surface area contributed by atoms with Crippen LogP contribution in [0.4, 0.5) is 4.79 Å². The summed E-state index contributed by atoms with van der Waals surface area (Å²) >= 11 is 0. The Hall–Kier alpha value is -1.30. The lowest BCUT2D eigenvalue weighted by atomic mass is 10.0. The first-order valence-electron chi connectivity index (χ1n) is 8.37. The fourth-order valence-corrected chi connectivity index (χ4v) is 3.02. The number of piperidine rings is 2. The topological polar surface area (TPSA) is 70.7 Å². The third-order valence-corrected chi connectivity index (χ3v) is 4.14. The van der Waals surface area contributed by atoms with Gasteiger partial charge in [-0.3, -0.25) is 4.79 Å². The molecule has 0 aromatic carbocycles. The zero-order chi connectivity index (χ0) is 16.2. The van der Waals surface area contributed by atoms with Crippen LogP contribution in [0.2, 0.25) is 0 Å². The highest BCUT2D eigenvalue weighted by Gasteiger charge is 2.31. The van der Waals surface area contributed by atoms with Crippen LogP contribution in [-0.4, -0.2) is 54.2 Å². The molecule has 0 aliphatic carbocycles. The lowest BCUT2D eigenvalue weighted by Gasteiger charge is -2.37. The van der Waals surface area contributed by atoms with Crippen LogP contribution in [0.15, 0.2) is 0 Å². The van der Waals surface area contributed by atoms with Crippen molar-refractivity contribution in [3.05, 3.63) is 0 Å². The van der Waals surface area contributed by atoms with E-state index in [4.69, 9.17) is 4.74 Å². The van der Waals surface area contributed by atoms with Gasteiger partial charge in [0.25, 0.3) is 0 Å². The molecule has 22 heavy (non-hydrogen) atoms. The van der Waals surface area contributed by atoms with Crippen molar-refractivity contribution in [2.45, 2.75) is 70.6 Å². The van der Waals surface area contributed by atoms with E-state index in [1.807, 2.05) is 25.7 Å². The average Bonchev–Trinajstić information content (AvgIpc) is 2.45. The molecule has 2 amide bonds. The molecule has 2 aliphatic rings. The Morgan fingerprint density at radius 3 is 2.77 bits per heavy atom. The monoisotopic (exact) mass is 311 g/mol. The molecule has 2 rings (SSSR count). The van der Waals surface area contributed by atoms with Crippen LogP contribution in [0, 0.1) is 0 Å². The minimum absolute atomic E-state index is 0.0749. The van der Waals surface area contributed by atoms with Gasteiger partial charge >= 0.3 is 6.09 Å². The van der Waals surface area contributed by atoms with E-state index >= 15 is 0 Å². The standard InChI is InChI=1S/C16H29N3O3/c1-16(2,3)22-15(21)19-10-5-4-7-12(19)11-18-13-8-6-9-17-14(13)20/h12-13,18H,4-11H2,1-3H3,(H,17,20). The van der Waals surface area contributed by atoms with Gasteiger partial charge in [-0.05, 0) is 52.9 Å². The van der Waals surface area contributed by atoms with Crippen LogP contribution < -0.4 is 10.6 Å². The van der Waals surface area contributed by atoms with E-state index in [1.54, 1.807) is 0 Å². The maximum atomic E-state index is 12.3. The van der Waals surface area contributed by atoms with Crippen molar-refractivity contribution in [3.8, 4) is 0 Å². The van der Waals surface area contributed by atoms with Crippen molar-refractivity contribution in [3.63, 3.8) is 0 Å². The van der Waals surface area contributed by atoms with E-state index in [0.717, 1.165) is 45.2 Å². The molecule has 2 N–H and O–H groups in total. The Balaban J connectivity index is 1.89. The number of ether oxygens (including phenoxy) is 1. The van der Waals surface area contributed by atoms with Gasteiger partial charge in [0.05, 0.1) is 6.04 Å². The highest BCUT2D eigenvalue weighted by Crippen LogP contribution is 2.20. The molecule has 0 spiro atoms. The molecular formula is C16H29N3O3. The number of hydrogen-bond acceptors (Lipinski definition) is 4. The molecule has 6 heteroatoms. The van der Waals surface area contributed by atoms with E-state index in [1.165, 1.54) is 0 Å². The fourth-order valence-electron chi connectivity index (χ4n) is 3.02. The van der Waals surface area contributed by atoms with Gasteiger partial charge in [-0.2, -0.15) is 0 Å². The van der Waals surface area contributed by atoms with Crippen molar-refractivity contribution in [2.75, 3.05) is 19.6 Å². The van der Waals surface area contributed by atoms with Crippen LogP contribution in [0.25, 0.3) is 0 Å². The molecule has 0 aromatic rings. The molecule has 2 fully saturated rings. The quantitative estimate of drug-likeness (QED) is 0.831. The summed E-state index contributed by atoms with van der Waals surface area (Å²) in [5, 5.41) is 6.21. The van der Waals surface area contributed by atoms with E-state index < -0.39 is 5.60 Å². The van der Waals surface area contributed by atoms with Gasteiger partial charge in [-0.15, -0.1) is 0 Å². The second-order valence-electron chi connectivity index (χ2n) is 7.22. The molecule has 2 unspecified atom stereocenters. The highest BCUT2D eigenvalue weighted by atomic mass is 16.6. The number of carbonyl (C=O) groups is 2. The summed E-state index contributed by atoms with van der Waals surface area (Å²) in [5.41, 5.74) is -0.476. The second kappa shape index (κ2) is 7.31. The summed E-state index contributed by atoms with van der Waals surface area (Å²) in [6.45, 7) is 7.80. The number of likely N-dealkylation sites (tertiary alicyclic amines) is 1. The number of carbonyl (C=O) groups excluding carboxylic acids is 2. The summed E-state index contributed by atoms with van der Waals surface area (Å²) in [5.74, 6) is 0.0749. The predicted molar refractivity (Wildman–Crippen MR) is 84.6 cm³/mol. The molecule has 0 saturated carbocycles. The van der Waals surface area contributed by atoms with Crippen molar-refractivity contribution in [2.24, 2.45) is 0 Å². The minimum atomic E-state index is -0.476. The molecule has 0 aromatic heterocycles. The van der Waals surface area contributed by atoms with Crippen molar-refractivity contribution >= 4 is 12.0 Å². The Labute approximate surface area is 132 Å². The number of nitrogens with one attached hydrogen (secondary N) is 2. The average molecular weight is 311 g/mol. The van der Waals surface area contributed by atoms with Gasteiger partial charge in [-0.25, -0.2) is 4.79 Å². The molecule has 6 nitrogen and oxygen atoms in total. The molecule has 2 saturated heterocycles. The lowest BCUT2D eigenvalue weighted by molar-refractivity contribution is -0.124. The molecule has 126 valence electrons. The van der Waals surface area contributed by atoms with E-state index in [0.29, 0.717) is 6.54 Å². The summed E-state index contributed by atoms with van der Waals surface area (Å²) in [7, 11) is 0. The van der Waals surface area contributed by atoms with Gasteiger partial charge in [0.1, 0.15) is 5.60 Å². The zero-order valence-electron chi connectivity index (χ0n) is 14.0. The maximum Gasteiger partial charge on any atom is 0.410 e. The number of amides is 2. The van der Waals surface area contributed by atoms with E-state index in [2.05, 4.69) is 10.6 Å². The maximum absolute atomic E-state index is 12.3. The first-order valence-corrected chi connectivity index (χ1v) is 8.37. The van der Waals surface area contributed by atoms with E-state index in [-0.39, 0.29) is 24.1 Å². The van der Waals surface area contributed by atoms with Crippen LogP contribution >= 0.6 is 0 Å². The van der Waals surface area contributed by atoms with Crippen LogP contribution in [-0.2, 0) is 9.53 Å². The Bertz CT molecular complexity index is 406. The van der Waals surface area contributed by atoms with Crippen molar-refractivity contribution in [1.29, 1.82) is 0 Å². The van der Waals surface area contributed by atoms with Crippen LogP contribution in [0.1, 0.15) is 52.9 Å². The van der Waals surface area contributed by atoms with Crippen molar-refractivity contribution in [1.82, 2.24) is 15.5 Å². The summed E-state index contributed by atoms with van der Waals surface area (Å²) in [6, 6.07) is -0.0190. The van der Waals surface area contributed by atoms with Gasteiger partial charge in [-0.1, -0.05) is 0 Å².